The number of halogens is 2. The van der Waals surface area contributed by atoms with Crippen LogP contribution in [0.3, 0.4) is 0 Å². The second-order valence-corrected chi connectivity index (χ2v) is 9.26. The van der Waals surface area contributed by atoms with Crippen LogP contribution in [-0.4, -0.2) is 46.3 Å². The number of aliphatic carboxylic acids is 1. The molecule has 1 aliphatic heterocycles. The molecule has 2 aromatic rings. The van der Waals surface area contributed by atoms with Gasteiger partial charge in [0.2, 0.25) is 0 Å². The van der Waals surface area contributed by atoms with E-state index in [0.717, 1.165) is 56.4 Å². The molecule has 0 saturated heterocycles. The van der Waals surface area contributed by atoms with E-state index >= 15 is 0 Å². The summed E-state index contributed by atoms with van der Waals surface area (Å²) in [5.74, 6) is 0.107. The maximum Gasteiger partial charge on any atom is 0.320 e. The number of fused-ring (bicyclic) bond motifs is 1. The van der Waals surface area contributed by atoms with Crippen molar-refractivity contribution in [2.75, 3.05) is 18.5 Å². The fourth-order valence-electron chi connectivity index (χ4n) is 4.40. The highest BCUT2D eigenvalue weighted by molar-refractivity contribution is 6.31. The predicted molar refractivity (Wildman–Crippen MR) is 124 cm³/mol. The van der Waals surface area contributed by atoms with Crippen molar-refractivity contribution in [1.29, 1.82) is 0 Å². The number of pyridine rings is 2. The number of nitrogens with zero attached hydrogens (tertiary/aromatic N) is 2. The fraction of sp³-hybridized carbons (Fsp3) is 0.542. The average Bonchev–Trinajstić information content (AvgIpc) is 2.77. The number of ether oxygens (including phenoxy) is 1. The lowest BCUT2D eigenvalue weighted by atomic mass is 9.79. The van der Waals surface area contributed by atoms with Gasteiger partial charge < -0.3 is 20.5 Å². The van der Waals surface area contributed by atoms with Crippen LogP contribution in [-0.2, 0) is 28.9 Å². The normalized spacial score (nSPS) is 20.4. The number of rotatable bonds is 11. The Morgan fingerprint density at radius 3 is 3.00 bits per heavy atom. The van der Waals surface area contributed by atoms with Gasteiger partial charge >= 0.3 is 5.97 Å². The van der Waals surface area contributed by atoms with Gasteiger partial charge in [-0.1, -0.05) is 17.7 Å². The minimum absolute atomic E-state index is 0.0158. The van der Waals surface area contributed by atoms with Crippen LogP contribution in [0.4, 0.5) is 10.2 Å². The van der Waals surface area contributed by atoms with Crippen molar-refractivity contribution >= 4 is 23.4 Å². The highest BCUT2D eigenvalue weighted by Crippen LogP contribution is 2.34. The molecule has 2 aliphatic rings. The summed E-state index contributed by atoms with van der Waals surface area (Å²) in [7, 11) is 0. The van der Waals surface area contributed by atoms with E-state index in [1.807, 2.05) is 0 Å². The maximum atomic E-state index is 13.8. The lowest BCUT2D eigenvalue weighted by molar-refractivity contribution is -0.140. The molecular weight excluding hydrogens is 447 g/mol. The molecule has 2 aromatic heterocycles. The number of carboxylic acid groups (broad SMARTS) is 1. The molecule has 4 rings (SSSR count). The van der Waals surface area contributed by atoms with Crippen LogP contribution in [0.2, 0.25) is 5.02 Å². The lowest BCUT2D eigenvalue weighted by Gasteiger charge is -2.35. The van der Waals surface area contributed by atoms with Crippen LogP contribution < -0.4 is 10.6 Å². The largest absolute Gasteiger partial charge is 0.480 e. The lowest BCUT2D eigenvalue weighted by Crippen LogP contribution is -2.39. The molecule has 0 bridgehead atoms. The number of hydrogen-bond donors (Lipinski definition) is 3. The molecule has 0 spiro atoms. The van der Waals surface area contributed by atoms with E-state index < -0.39 is 17.8 Å². The van der Waals surface area contributed by atoms with E-state index in [-0.39, 0.29) is 23.2 Å². The summed E-state index contributed by atoms with van der Waals surface area (Å²) in [5, 5.41) is 15.9. The summed E-state index contributed by atoms with van der Waals surface area (Å²) >= 11 is 5.95. The first-order valence-electron chi connectivity index (χ1n) is 11.6. The quantitative estimate of drug-likeness (QED) is 0.451. The van der Waals surface area contributed by atoms with Gasteiger partial charge in [0.15, 0.2) is 0 Å². The Hall–Kier alpha value is -2.29. The molecule has 1 fully saturated rings. The van der Waals surface area contributed by atoms with Crippen LogP contribution in [0, 0.1) is 11.7 Å². The number of carboxylic acids is 1. The Morgan fingerprint density at radius 2 is 2.21 bits per heavy atom. The molecule has 1 unspecified atom stereocenters. The van der Waals surface area contributed by atoms with E-state index in [9.17, 15) is 14.3 Å². The highest BCUT2D eigenvalue weighted by atomic mass is 35.5. The van der Waals surface area contributed by atoms with E-state index in [1.54, 1.807) is 0 Å². The van der Waals surface area contributed by atoms with Crippen molar-refractivity contribution in [3.8, 4) is 0 Å². The van der Waals surface area contributed by atoms with E-state index in [4.69, 9.17) is 21.3 Å². The van der Waals surface area contributed by atoms with E-state index in [2.05, 4.69) is 27.8 Å². The summed E-state index contributed by atoms with van der Waals surface area (Å²) in [4.78, 5) is 20.0. The van der Waals surface area contributed by atoms with Crippen molar-refractivity contribution < 1.29 is 19.0 Å². The van der Waals surface area contributed by atoms with Crippen LogP contribution in [0.25, 0.3) is 0 Å². The predicted octanol–water partition coefficient (Wildman–Crippen LogP) is 3.99. The summed E-state index contributed by atoms with van der Waals surface area (Å²) in [6, 6.07) is 3.50. The molecule has 0 aromatic carbocycles. The number of hydrogen-bond acceptors (Lipinski definition) is 6. The number of aromatic nitrogens is 2. The molecule has 9 heteroatoms. The molecule has 1 saturated carbocycles. The summed E-state index contributed by atoms with van der Waals surface area (Å²) in [6.07, 6.45) is 9.18. The Kier molecular flexibility index (Phi) is 8.11. The Balaban J connectivity index is 1.14. The zero-order chi connectivity index (χ0) is 23.2. The molecule has 3 N–H and O–H groups in total. The minimum Gasteiger partial charge on any atom is -0.480 e. The Morgan fingerprint density at radius 1 is 1.36 bits per heavy atom. The van der Waals surface area contributed by atoms with Gasteiger partial charge in [0.25, 0.3) is 0 Å². The van der Waals surface area contributed by atoms with E-state index in [0.29, 0.717) is 18.9 Å². The first-order chi connectivity index (χ1) is 16.0. The molecule has 178 valence electrons. The molecule has 0 radical (unpaired) electrons. The van der Waals surface area contributed by atoms with Crippen LogP contribution in [0.15, 0.2) is 24.5 Å². The monoisotopic (exact) mass is 476 g/mol. The third-order valence-electron chi connectivity index (χ3n) is 6.49. The third kappa shape index (κ3) is 6.40. The van der Waals surface area contributed by atoms with Crippen molar-refractivity contribution in [2.24, 2.45) is 5.92 Å². The second kappa shape index (κ2) is 11.2. The first-order valence-corrected chi connectivity index (χ1v) is 12.0. The molecule has 3 heterocycles. The fourth-order valence-corrected chi connectivity index (χ4v) is 4.62. The van der Waals surface area contributed by atoms with Gasteiger partial charge in [-0.3, -0.25) is 9.78 Å². The average molecular weight is 477 g/mol. The number of carbonyl (C=O) groups is 1. The molecule has 1 aliphatic carbocycles. The van der Waals surface area contributed by atoms with Gasteiger partial charge in [0.05, 0.1) is 17.3 Å². The smallest absolute Gasteiger partial charge is 0.320 e. The molecule has 7 nitrogen and oxygen atoms in total. The molecular formula is C24H30ClFN4O3. The summed E-state index contributed by atoms with van der Waals surface area (Å²) in [5.41, 5.74) is 2.66. The van der Waals surface area contributed by atoms with Gasteiger partial charge in [0.1, 0.15) is 17.7 Å². The number of anilines is 1. The van der Waals surface area contributed by atoms with Crippen LogP contribution >= 0.6 is 11.6 Å². The Labute approximate surface area is 198 Å². The minimum atomic E-state index is -0.997. The second-order valence-electron chi connectivity index (χ2n) is 8.85. The van der Waals surface area contributed by atoms with Crippen molar-refractivity contribution in [3.05, 3.63) is 52.2 Å². The van der Waals surface area contributed by atoms with Gasteiger partial charge in [0, 0.05) is 37.2 Å². The molecule has 33 heavy (non-hydrogen) atoms. The van der Waals surface area contributed by atoms with Gasteiger partial charge in [-0.05, 0) is 62.5 Å². The standard InChI is InChI=1S/C24H30ClFN4O3/c25-20-13-27-14-21(26)19(20)12-29-22(24(31)32)7-9-33-18-10-15(11-18)3-5-17-6-4-16-2-1-8-28-23(16)30-17/h4,6,13-15,18,22,29H,1-3,5,7-12H2,(H,28,30)(H,31,32)/t15-,18+,22?. The Bertz CT molecular complexity index is 950. The SMILES string of the molecule is O=C(O)C(CCO[C@H]1C[C@@H](CCc2ccc3c(n2)NCCC3)C1)NCc1c(F)cncc1Cl. The summed E-state index contributed by atoms with van der Waals surface area (Å²) in [6.45, 7) is 1.35. The van der Waals surface area contributed by atoms with Gasteiger partial charge in [-0.2, -0.15) is 0 Å². The zero-order valence-electron chi connectivity index (χ0n) is 18.5. The summed E-state index contributed by atoms with van der Waals surface area (Å²) < 4.78 is 19.7. The number of nitrogens with one attached hydrogen (secondary N) is 2. The van der Waals surface area contributed by atoms with Gasteiger partial charge in [-0.25, -0.2) is 9.37 Å². The first kappa shape index (κ1) is 23.9. The van der Waals surface area contributed by atoms with Crippen molar-refractivity contribution in [1.82, 2.24) is 15.3 Å². The highest BCUT2D eigenvalue weighted by Gasteiger charge is 2.30. The molecule has 1 atom stereocenters. The van der Waals surface area contributed by atoms with Crippen LogP contribution in [0.1, 0.15) is 48.9 Å². The van der Waals surface area contributed by atoms with E-state index in [1.165, 1.54) is 18.2 Å². The van der Waals surface area contributed by atoms with Crippen molar-refractivity contribution in [2.45, 2.75) is 63.6 Å². The van der Waals surface area contributed by atoms with Crippen LogP contribution in [0.5, 0.6) is 0 Å². The zero-order valence-corrected chi connectivity index (χ0v) is 19.3. The van der Waals surface area contributed by atoms with Gasteiger partial charge in [-0.15, -0.1) is 0 Å². The molecule has 0 amide bonds. The van der Waals surface area contributed by atoms with Crippen molar-refractivity contribution in [3.63, 3.8) is 0 Å². The third-order valence-corrected chi connectivity index (χ3v) is 6.81. The maximum absolute atomic E-state index is 13.8. The number of aryl methyl sites for hydroxylation is 2. The topological polar surface area (TPSA) is 96.4 Å².